The number of rotatable bonds is 4. The van der Waals surface area contributed by atoms with Crippen LogP contribution in [-0.2, 0) is 4.74 Å². The van der Waals surface area contributed by atoms with Crippen molar-refractivity contribution >= 4 is 28.3 Å². The summed E-state index contributed by atoms with van der Waals surface area (Å²) in [4.78, 5) is 16.1. The molecule has 0 amide bonds. The van der Waals surface area contributed by atoms with Crippen LogP contribution in [0.25, 0.3) is 11.0 Å². The number of halogens is 1. The van der Waals surface area contributed by atoms with Gasteiger partial charge < -0.3 is 14.5 Å². The lowest BCUT2D eigenvalue weighted by molar-refractivity contribution is 0.0494. The average molecular weight is 344 g/mol. The molecule has 132 valence electrons. The standard InChI is InChI=1S/C17H15FN2O3.C2H6/c1-3-22-17(21)16-15(11-9-19-7-6-14(11)23-16)20-13-5-4-10(2)8-12(13)18;1-2/h4-9,20H,3H2,1-2H3;1-2H3. The highest BCUT2D eigenvalue weighted by atomic mass is 19.1. The monoisotopic (exact) mass is 344 g/mol. The molecule has 1 aromatic carbocycles. The first-order valence-corrected chi connectivity index (χ1v) is 8.17. The third-order valence-electron chi connectivity index (χ3n) is 3.33. The molecule has 3 aromatic rings. The van der Waals surface area contributed by atoms with E-state index in [-0.39, 0.29) is 18.1 Å². The van der Waals surface area contributed by atoms with Gasteiger partial charge in [0.2, 0.25) is 5.76 Å². The van der Waals surface area contributed by atoms with Gasteiger partial charge in [-0.1, -0.05) is 19.9 Å². The van der Waals surface area contributed by atoms with Crippen LogP contribution in [0.3, 0.4) is 0 Å². The van der Waals surface area contributed by atoms with E-state index >= 15 is 0 Å². The number of aromatic nitrogens is 1. The van der Waals surface area contributed by atoms with Crippen LogP contribution in [0.5, 0.6) is 0 Å². The number of furan rings is 1. The molecule has 0 aliphatic carbocycles. The highest BCUT2D eigenvalue weighted by Crippen LogP contribution is 2.34. The molecule has 2 heterocycles. The Morgan fingerprint density at radius 1 is 1.32 bits per heavy atom. The van der Waals surface area contributed by atoms with Crippen LogP contribution < -0.4 is 5.32 Å². The molecule has 3 rings (SSSR count). The van der Waals surface area contributed by atoms with Gasteiger partial charge in [0.25, 0.3) is 0 Å². The molecule has 0 saturated carbocycles. The largest absolute Gasteiger partial charge is 0.460 e. The van der Waals surface area contributed by atoms with E-state index in [1.165, 1.54) is 6.07 Å². The molecule has 1 N–H and O–H groups in total. The first-order chi connectivity index (χ1) is 12.1. The summed E-state index contributed by atoms with van der Waals surface area (Å²) in [6.45, 7) is 7.72. The van der Waals surface area contributed by atoms with E-state index in [0.717, 1.165) is 5.56 Å². The molecule has 0 atom stereocenters. The quantitative estimate of drug-likeness (QED) is 0.657. The van der Waals surface area contributed by atoms with Crippen molar-refractivity contribution in [2.75, 3.05) is 11.9 Å². The number of aryl methyl sites for hydroxylation is 1. The lowest BCUT2D eigenvalue weighted by atomic mass is 10.2. The molecular formula is C19H21FN2O3. The predicted molar refractivity (Wildman–Crippen MR) is 95.7 cm³/mol. The van der Waals surface area contributed by atoms with Crippen LogP contribution in [0.2, 0.25) is 0 Å². The Morgan fingerprint density at radius 3 is 2.76 bits per heavy atom. The third-order valence-corrected chi connectivity index (χ3v) is 3.33. The summed E-state index contributed by atoms with van der Waals surface area (Å²) in [7, 11) is 0. The zero-order valence-corrected chi connectivity index (χ0v) is 14.7. The molecule has 0 aliphatic heterocycles. The number of esters is 1. The molecule has 25 heavy (non-hydrogen) atoms. The van der Waals surface area contributed by atoms with E-state index in [2.05, 4.69) is 10.3 Å². The van der Waals surface area contributed by atoms with E-state index in [0.29, 0.717) is 16.7 Å². The van der Waals surface area contributed by atoms with Crippen LogP contribution in [0, 0.1) is 12.7 Å². The second-order valence-electron chi connectivity index (χ2n) is 5.01. The highest BCUT2D eigenvalue weighted by Gasteiger charge is 2.22. The summed E-state index contributed by atoms with van der Waals surface area (Å²) in [5.41, 5.74) is 1.86. The molecule has 5 nitrogen and oxygen atoms in total. The number of pyridine rings is 1. The Morgan fingerprint density at radius 2 is 2.08 bits per heavy atom. The molecule has 0 bridgehead atoms. The van der Waals surface area contributed by atoms with Crippen molar-refractivity contribution in [2.45, 2.75) is 27.7 Å². The summed E-state index contributed by atoms with van der Waals surface area (Å²) in [5.74, 6) is -1.04. The van der Waals surface area contributed by atoms with Gasteiger partial charge in [-0.15, -0.1) is 0 Å². The summed E-state index contributed by atoms with van der Waals surface area (Å²) < 4.78 is 24.6. The minimum Gasteiger partial charge on any atom is -0.460 e. The molecule has 6 heteroatoms. The van der Waals surface area contributed by atoms with Crippen molar-refractivity contribution in [3.8, 4) is 0 Å². The number of anilines is 2. The zero-order valence-electron chi connectivity index (χ0n) is 14.7. The molecular weight excluding hydrogens is 323 g/mol. The zero-order chi connectivity index (χ0) is 18.4. The van der Waals surface area contributed by atoms with Crippen LogP contribution in [0.1, 0.15) is 36.9 Å². The van der Waals surface area contributed by atoms with E-state index in [4.69, 9.17) is 9.15 Å². The second-order valence-corrected chi connectivity index (χ2v) is 5.01. The number of ether oxygens (including phenoxy) is 1. The second kappa shape index (κ2) is 8.28. The van der Waals surface area contributed by atoms with Crippen molar-refractivity contribution < 1.29 is 18.3 Å². The number of carbonyl (C=O) groups excluding carboxylic acids is 1. The first kappa shape index (κ1) is 18.4. The molecule has 0 unspecified atom stereocenters. The molecule has 0 aliphatic rings. The summed E-state index contributed by atoms with van der Waals surface area (Å²) in [6, 6.07) is 6.42. The van der Waals surface area contributed by atoms with Crippen molar-refractivity contribution in [1.82, 2.24) is 4.98 Å². The Bertz CT molecular complexity index is 874. The van der Waals surface area contributed by atoms with Crippen LogP contribution in [0.4, 0.5) is 15.8 Å². The fourth-order valence-corrected chi connectivity index (χ4v) is 2.26. The van der Waals surface area contributed by atoms with Crippen molar-refractivity contribution in [2.24, 2.45) is 0 Å². The van der Waals surface area contributed by atoms with Gasteiger partial charge in [-0.2, -0.15) is 0 Å². The minimum atomic E-state index is -0.612. The van der Waals surface area contributed by atoms with Gasteiger partial charge in [-0.25, -0.2) is 9.18 Å². The van der Waals surface area contributed by atoms with Gasteiger partial charge >= 0.3 is 5.97 Å². The normalized spacial score (nSPS) is 10.1. The Balaban J connectivity index is 0.00000109. The fourth-order valence-electron chi connectivity index (χ4n) is 2.26. The van der Waals surface area contributed by atoms with Gasteiger partial charge in [-0.3, -0.25) is 4.98 Å². The summed E-state index contributed by atoms with van der Waals surface area (Å²) in [5, 5.41) is 3.50. The lowest BCUT2D eigenvalue weighted by Crippen LogP contribution is -2.06. The minimum absolute atomic E-state index is 0.00479. The maximum absolute atomic E-state index is 14.1. The van der Waals surface area contributed by atoms with Gasteiger partial charge in [0.05, 0.1) is 17.7 Å². The van der Waals surface area contributed by atoms with Gasteiger partial charge in [-0.05, 0) is 37.6 Å². The highest BCUT2D eigenvalue weighted by molar-refractivity contribution is 6.05. The third kappa shape index (κ3) is 3.96. The van der Waals surface area contributed by atoms with Crippen LogP contribution in [-0.4, -0.2) is 17.6 Å². The topological polar surface area (TPSA) is 64.4 Å². The molecule has 0 spiro atoms. The molecule has 0 fully saturated rings. The maximum atomic E-state index is 14.1. The van der Waals surface area contributed by atoms with E-state index in [1.807, 2.05) is 13.8 Å². The van der Waals surface area contributed by atoms with Crippen molar-refractivity contribution in [3.05, 3.63) is 53.8 Å². The number of fused-ring (bicyclic) bond motifs is 1. The average Bonchev–Trinajstić information content (AvgIpc) is 2.98. The number of nitrogens with one attached hydrogen (secondary N) is 1. The number of hydrogen-bond acceptors (Lipinski definition) is 5. The first-order valence-electron chi connectivity index (χ1n) is 8.17. The molecule has 2 aromatic heterocycles. The fraction of sp³-hybridized carbons (Fsp3) is 0.263. The molecule has 0 saturated heterocycles. The summed E-state index contributed by atoms with van der Waals surface area (Å²) in [6.07, 6.45) is 3.10. The van der Waals surface area contributed by atoms with E-state index in [9.17, 15) is 9.18 Å². The maximum Gasteiger partial charge on any atom is 0.376 e. The van der Waals surface area contributed by atoms with Crippen LogP contribution >= 0.6 is 0 Å². The Hall–Kier alpha value is -2.89. The van der Waals surface area contributed by atoms with Gasteiger partial charge in [0.15, 0.2) is 0 Å². The number of nitrogens with zero attached hydrogens (tertiary/aromatic N) is 1. The smallest absolute Gasteiger partial charge is 0.376 e. The van der Waals surface area contributed by atoms with Gasteiger partial charge in [0, 0.05) is 12.4 Å². The number of benzene rings is 1. The van der Waals surface area contributed by atoms with E-state index < -0.39 is 11.8 Å². The summed E-state index contributed by atoms with van der Waals surface area (Å²) >= 11 is 0. The molecule has 0 radical (unpaired) electrons. The Kier molecular flexibility index (Phi) is 6.11. The SMILES string of the molecule is CC.CCOC(=O)c1oc2ccncc2c1Nc1ccc(C)cc1F. The van der Waals surface area contributed by atoms with Crippen molar-refractivity contribution in [1.29, 1.82) is 0 Å². The lowest BCUT2D eigenvalue weighted by Gasteiger charge is -2.08. The van der Waals surface area contributed by atoms with E-state index in [1.54, 1.807) is 44.4 Å². The van der Waals surface area contributed by atoms with Crippen LogP contribution in [0.15, 0.2) is 41.1 Å². The number of carbonyl (C=O) groups is 1. The predicted octanol–water partition coefficient (Wildman–Crippen LogP) is 5.22. The van der Waals surface area contributed by atoms with Crippen molar-refractivity contribution in [3.63, 3.8) is 0 Å². The van der Waals surface area contributed by atoms with Gasteiger partial charge in [0.1, 0.15) is 17.1 Å². The number of hydrogen-bond donors (Lipinski definition) is 1. The Labute approximate surface area is 145 Å².